The molecule has 3 N–H and O–H groups in total. The number of benzene rings is 2. The van der Waals surface area contributed by atoms with Gasteiger partial charge in [0.2, 0.25) is 0 Å². The van der Waals surface area contributed by atoms with Crippen molar-refractivity contribution in [3.8, 4) is 46.5 Å². The fourth-order valence-electron chi connectivity index (χ4n) is 6.87. The Morgan fingerprint density at radius 3 is 2.46 bits per heavy atom. The van der Waals surface area contributed by atoms with Crippen LogP contribution in [0, 0.1) is 18.8 Å². The minimum absolute atomic E-state index is 0.490. The van der Waals surface area contributed by atoms with Crippen LogP contribution in [0.15, 0.2) is 48.7 Å². The predicted octanol–water partition coefficient (Wildman–Crippen LogP) is 5.89. The molecule has 5 atom stereocenters. The van der Waals surface area contributed by atoms with Gasteiger partial charge in [0.15, 0.2) is 0 Å². The molecule has 198 valence electrons. The van der Waals surface area contributed by atoms with Gasteiger partial charge in [-0.05, 0) is 67.2 Å². The highest BCUT2D eigenvalue weighted by molar-refractivity contribution is 5.76. The summed E-state index contributed by atoms with van der Waals surface area (Å²) in [6.07, 6.45) is 15.9. The Morgan fingerprint density at radius 1 is 0.949 bits per heavy atom. The van der Waals surface area contributed by atoms with Crippen molar-refractivity contribution >= 4 is 0 Å². The van der Waals surface area contributed by atoms with Gasteiger partial charge in [-0.3, -0.25) is 4.90 Å². The van der Waals surface area contributed by atoms with Gasteiger partial charge >= 0.3 is 0 Å². The number of rotatable bonds is 6. The first-order chi connectivity index (χ1) is 19.1. The summed E-state index contributed by atoms with van der Waals surface area (Å²) in [4.78, 5) is 19.5. The molecule has 3 fully saturated rings. The third kappa shape index (κ3) is 4.21. The summed E-state index contributed by atoms with van der Waals surface area (Å²) in [6.45, 7) is 5.44. The fourth-order valence-corrected chi connectivity index (χ4v) is 6.87. The molecule has 4 heterocycles. The monoisotopic (exact) mass is 516 g/mol. The smallest absolute Gasteiger partial charge is 0.124 e. The molecule has 2 saturated heterocycles. The number of piperidine rings is 1. The van der Waals surface area contributed by atoms with E-state index in [1.165, 1.54) is 64.3 Å². The Morgan fingerprint density at radius 2 is 1.72 bits per heavy atom. The highest BCUT2D eigenvalue weighted by atomic mass is 15.3. The summed E-state index contributed by atoms with van der Waals surface area (Å²) in [5.41, 5.74) is 9.97. The average molecular weight is 517 g/mol. The van der Waals surface area contributed by atoms with E-state index in [0.29, 0.717) is 18.1 Å². The fraction of sp³-hybridized carbons (Fsp3) is 0.394. The zero-order chi connectivity index (χ0) is 26.7. The molecule has 39 heavy (non-hydrogen) atoms. The van der Waals surface area contributed by atoms with E-state index >= 15 is 0 Å². The minimum Gasteiger partial charge on any atom is -0.344 e. The van der Waals surface area contributed by atoms with Crippen LogP contribution in [0.3, 0.4) is 0 Å². The molecule has 3 unspecified atom stereocenters. The van der Waals surface area contributed by atoms with Gasteiger partial charge in [0, 0.05) is 29.4 Å². The third-order valence-corrected chi connectivity index (χ3v) is 9.32. The van der Waals surface area contributed by atoms with Crippen molar-refractivity contribution < 1.29 is 0 Å². The van der Waals surface area contributed by atoms with Crippen molar-refractivity contribution in [2.75, 3.05) is 0 Å². The molecule has 2 aliphatic carbocycles. The topological polar surface area (TPSA) is 72.6 Å². The number of terminal acetylenes is 1. The van der Waals surface area contributed by atoms with Crippen LogP contribution >= 0.6 is 0 Å². The zero-order valence-electron chi connectivity index (χ0n) is 22.7. The Balaban J connectivity index is 0.00000124. The van der Waals surface area contributed by atoms with Crippen molar-refractivity contribution in [2.45, 2.75) is 76.7 Å². The number of hydrogen-bond donors (Lipinski definition) is 3. The van der Waals surface area contributed by atoms with E-state index in [4.69, 9.17) is 4.98 Å². The zero-order valence-corrected chi connectivity index (χ0v) is 22.7. The molecule has 4 aromatic rings. The van der Waals surface area contributed by atoms with Crippen LogP contribution in [0.5, 0.6) is 0 Å². The highest BCUT2D eigenvalue weighted by Crippen LogP contribution is 2.49. The van der Waals surface area contributed by atoms with Gasteiger partial charge in [-0.2, -0.15) is 0 Å². The Bertz CT molecular complexity index is 1520. The number of nitrogens with zero attached hydrogens (tertiary/aromatic N) is 3. The lowest BCUT2D eigenvalue weighted by Crippen LogP contribution is -2.64. The van der Waals surface area contributed by atoms with Crippen LogP contribution in [-0.4, -0.2) is 43.0 Å². The largest absolute Gasteiger partial charge is 0.344 e. The number of fused-ring (bicyclic) bond motifs is 4. The van der Waals surface area contributed by atoms with Gasteiger partial charge < -0.3 is 15.3 Å². The molecule has 4 aliphatic rings. The van der Waals surface area contributed by atoms with Gasteiger partial charge in [0.05, 0.1) is 30.2 Å². The number of aromatic nitrogens is 4. The van der Waals surface area contributed by atoms with Gasteiger partial charge in [-0.25, -0.2) is 9.97 Å². The summed E-state index contributed by atoms with van der Waals surface area (Å²) in [6, 6.07) is 18.4. The second-order valence-electron chi connectivity index (χ2n) is 11.8. The predicted molar refractivity (Wildman–Crippen MR) is 156 cm³/mol. The number of imidazole rings is 2. The van der Waals surface area contributed by atoms with E-state index in [0.717, 1.165) is 42.9 Å². The number of H-pyrrole nitrogens is 2. The van der Waals surface area contributed by atoms with Crippen LogP contribution < -0.4 is 5.32 Å². The van der Waals surface area contributed by atoms with Gasteiger partial charge in [-0.15, -0.1) is 12.8 Å². The first kappa shape index (κ1) is 24.4. The molecule has 6 heteroatoms. The normalized spacial score (nSPS) is 26.2. The first-order valence-corrected chi connectivity index (χ1v) is 14.3. The summed E-state index contributed by atoms with van der Waals surface area (Å²) < 4.78 is 0. The van der Waals surface area contributed by atoms with Gasteiger partial charge in [0.1, 0.15) is 11.6 Å². The molecule has 2 aliphatic heterocycles. The van der Waals surface area contributed by atoms with Crippen LogP contribution in [-0.2, 0) is 19.4 Å². The van der Waals surface area contributed by atoms with E-state index in [1.807, 2.05) is 6.20 Å². The van der Waals surface area contributed by atoms with Crippen LogP contribution in [0.2, 0.25) is 0 Å². The molecule has 2 aromatic heterocycles. The maximum atomic E-state index is 5.14. The number of nitrogens with one attached hydrogen (secondary N) is 3. The van der Waals surface area contributed by atoms with Crippen molar-refractivity contribution in [3.05, 3.63) is 71.6 Å². The van der Waals surface area contributed by atoms with Gasteiger partial charge in [0.25, 0.3) is 0 Å². The van der Waals surface area contributed by atoms with Crippen molar-refractivity contribution in [3.63, 3.8) is 0 Å². The Kier molecular flexibility index (Phi) is 5.95. The van der Waals surface area contributed by atoms with Crippen molar-refractivity contribution in [1.82, 2.24) is 30.2 Å². The summed E-state index contributed by atoms with van der Waals surface area (Å²) in [5, 5.41) is 3.57. The molecule has 0 radical (unpaired) electrons. The summed E-state index contributed by atoms with van der Waals surface area (Å²) >= 11 is 0. The highest BCUT2D eigenvalue weighted by Gasteiger charge is 2.51. The first-order valence-electron chi connectivity index (χ1n) is 14.3. The Hall–Kier alpha value is -3.66. The molecule has 6 nitrogen and oxygen atoms in total. The van der Waals surface area contributed by atoms with Crippen LogP contribution in [0.25, 0.3) is 33.6 Å². The maximum absolute atomic E-state index is 5.14. The standard InChI is InChI=1S/C31H34N6.C2H2/c1-17-11-26(17)32-16-29-33-15-27(34-29)20-5-3-19(4-6-20)21-7-9-24-22(13-21)8-10-25-30(24)36-31(35-25)28-14-23-12-18(2)37(23)28;1-2/h3-7,9,13,15,17-18,23,26,28,32H,8,10-12,14,16H2,1-2H3,(H,33,34)(H,35,36);1-2H/t17?,18?,23-,26?,28-;/m0./s1. The molecular weight excluding hydrogens is 480 g/mol. The van der Waals surface area contributed by atoms with Crippen molar-refractivity contribution in [2.24, 2.45) is 5.92 Å². The Labute approximate surface area is 230 Å². The molecule has 0 bridgehead atoms. The van der Waals surface area contributed by atoms with Crippen LogP contribution in [0.1, 0.15) is 62.1 Å². The van der Waals surface area contributed by atoms with E-state index in [2.05, 4.69) is 94.3 Å². The van der Waals surface area contributed by atoms with Gasteiger partial charge in [-0.1, -0.05) is 49.4 Å². The maximum Gasteiger partial charge on any atom is 0.124 e. The molecule has 0 spiro atoms. The lowest BCUT2D eigenvalue weighted by Gasteiger charge is -2.60. The summed E-state index contributed by atoms with van der Waals surface area (Å²) in [5.74, 6) is 2.99. The van der Waals surface area contributed by atoms with E-state index in [1.54, 1.807) is 0 Å². The molecule has 1 saturated carbocycles. The summed E-state index contributed by atoms with van der Waals surface area (Å²) in [7, 11) is 0. The van der Waals surface area contributed by atoms with E-state index in [-0.39, 0.29) is 0 Å². The number of aryl methyl sites for hydroxylation is 2. The molecule has 8 rings (SSSR count). The average Bonchev–Trinajstić information content (AvgIpc) is 3.31. The second kappa shape index (κ2) is 9.51. The molecule has 0 amide bonds. The third-order valence-electron chi connectivity index (χ3n) is 9.32. The van der Waals surface area contributed by atoms with Crippen molar-refractivity contribution in [1.29, 1.82) is 0 Å². The van der Waals surface area contributed by atoms with E-state index < -0.39 is 0 Å². The minimum atomic E-state index is 0.490. The second-order valence-corrected chi connectivity index (χ2v) is 11.8. The molecule has 2 aromatic carbocycles. The van der Waals surface area contributed by atoms with E-state index in [9.17, 15) is 0 Å². The number of aromatic amines is 2. The quantitative estimate of drug-likeness (QED) is 0.280. The lowest BCUT2D eigenvalue weighted by molar-refractivity contribution is -0.116. The SMILES string of the molecule is C#C.CC1CC1NCc1ncc(-c2ccc(-c3ccc4c(c3)CCc3[nH]c([C@@H]5C[C@@H]6CC(C)N65)nc3-4)cc2)[nH]1. The molecular formula is C33H36N6. The number of hydrogen-bond acceptors (Lipinski definition) is 4. The van der Waals surface area contributed by atoms with Crippen LogP contribution in [0.4, 0.5) is 0 Å². The lowest BCUT2D eigenvalue weighted by atomic mass is 9.77.